The molecule has 1 rings (SSSR count). The van der Waals surface area contributed by atoms with E-state index in [4.69, 9.17) is 0 Å². The van der Waals surface area contributed by atoms with Crippen LogP contribution in [0.3, 0.4) is 0 Å². The van der Waals surface area contributed by atoms with E-state index < -0.39 is 9.84 Å². The van der Waals surface area contributed by atoms with Gasteiger partial charge in [-0.25, -0.2) is 8.42 Å². The monoisotopic (exact) mass is 240 g/mol. The Morgan fingerprint density at radius 1 is 1.31 bits per heavy atom. The van der Waals surface area contributed by atoms with Crippen LogP contribution in [-0.2, 0) is 9.84 Å². The molecule has 88 valence electrons. The van der Waals surface area contributed by atoms with Gasteiger partial charge in [-0.1, -0.05) is 23.8 Å². The molecule has 0 bridgehead atoms. The van der Waals surface area contributed by atoms with E-state index in [1.54, 1.807) is 6.07 Å². The molecule has 0 aromatic heterocycles. The van der Waals surface area contributed by atoms with Crippen LogP contribution in [0.2, 0.25) is 0 Å². The summed E-state index contributed by atoms with van der Waals surface area (Å²) in [6, 6.07) is 7.34. The Bertz CT molecular complexity index is 475. The summed E-state index contributed by atoms with van der Waals surface area (Å²) < 4.78 is 21.8. The SMILES string of the molecule is Cc1cccc(C(=O)CCCS(C)(=O)=O)c1. The van der Waals surface area contributed by atoms with Gasteiger partial charge in [0.15, 0.2) is 5.78 Å². The lowest BCUT2D eigenvalue weighted by molar-refractivity contribution is 0.0982. The highest BCUT2D eigenvalue weighted by atomic mass is 32.2. The first-order valence-corrected chi connectivity index (χ1v) is 7.22. The second kappa shape index (κ2) is 5.25. The molecule has 0 aliphatic rings. The van der Waals surface area contributed by atoms with E-state index in [-0.39, 0.29) is 18.0 Å². The third kappa shape index (κ3) is 4.57. The van der Waals surface area contributed by atoms with E-state index in [0.717, 1.165) is 5.56 Å². The van der Waals surface area contributed by atoms with Gasteiger partial charge in [-0.15, -0.1) is 0 Å². The summed E-state index contributed by atoms with van der Waals surface area (Å²) in [5, 5.41) is 0. The lowest BCUT2D eigenvalue weighted by Gasteiger charge is -2.01. The summed E-state index contributed by atoms with van der Waals surface area (Å²) in [6.45, 7) is 1.92. The molecular formula is C12H16O3S. The van der Waals surface area contributed by atoms with E-state index in [2.05, 4.69) is 0 Å². The summed E-state index contributed by atoms with van der Waals surface area (Å²) in [4.78, 5) is 11.7. The molecule has 0 fully saturated rings. The van der Waals surface area contributed by atoms with Crippen molar-refractivity contribution in [1.29, 1.82) is 0 Å². The molecule has 0 N–H and O–H groups in total. The van der Waals surface area contributed by atoms with Crippen molar-refractivity contribution in [2.75, 3.05) is 12.0 Å². The Morgan fingerprint density at radius 3 is 2.56 bits per heavy atom. The number of rotatable bonds is 5. The van der Waals surface area contributed by atoms with Crippen LogP contribution in [0.25, 0.3) is 0 Å². The molecule has 16 heavy (non-hydrogen) atoms. The second-order valence-electron chi connectivity index (χ2n) is 4.03. The maximum Gasteiger partial charge on any atom is 0.162 e. The summed E-state index contributed by atoms with van der Waals surface area (Å²) in [5.74, 6) is 0.0808. The number of benzene rings is 1. The highest BCUT2D eigenvalue weighted by Crippen LogP contribution is 2.08. The molecule has 1 aromatic carbocycles. The molecule has 0 unspecified atom stereocenters. The molecule has 0 saturated carbocycles. The first-order valence-electron chi connectivity index (χ1n) is 5.16. The number of ketones is 1. The summed E-state index contributed by atoms with van der Waals surface area (Å²) in [5.41, 5.74) is 1.70. The molecule has 0 heterocycles. The van der Waals surface area contributed by atoms with Crippen molar-refractivity contribution < 1.29 is 13.2 Å². The molecule has 4 heteroatoms. The Labute approximate surface area is 96.4 Å². The van der Waals surface area contributed by atoms with Gasteiger partial charge in [-0.3, -0.25) is 4.79 Å². The van der Waals surface area contributed by atoms with Crippen LogP contribution < -0.4 is 0 Å². The van der Waals surface area contributed by atoms with Crippen molar-refractivity contribution in [2.24, 2.45) is 0 Å². The van der Waals surface area contributed by atoms with Gasteiger partial charge in [-0.2, -0.15) is 0 Å². The zero-order valence-electron chi connectivity index (χ0n) is 9.56. The van der Waals surface area contributed by atoms with Crippen LogP contribution in [0.15, 0.2) is 24.3 Å². The molecule has 0 aliphatic heterocycles. The van der Waals surface area contributed by atoms with Crippen molar-refractivity contribution in [3.63, 3.8) is 0 Å². The Kier molecular flexibility index (Phi) is 4.24. The van der Waals surface area contributed by atoms with E-state index in [0.29, 0.717) is 12.0 Å². The molecule has 0 aliphatic carbocycles. The number of hydrogen-bond acceptors (Lipinski definition) is 3. The molecular weight excluding hydrogens is 224 g/mol. The van der Waals surface area contributed by atoms with Gasteiger partial charge in [0, 0.05) is 18.2 Å². The summed E-state index contributed by atoms with van der Waals surface area (Å²) in [7, 11) is -2.96. The fourth-order valence-corrected chi connectivity index (χ4v) is 2.13. The van der Waals surface area contributed by atoms with Crippen molar-refractivity contribution in [2.45, 2.75) is 19.8 Å². The Hall–Kier alpha value is -1.16. The third-order valence-corrected chi connectivity index (χ3v) is 3.29. The zero-order valence-corrected chi connectivity index (χ0v) is 10.4. The van der Waals surface area contributed by atoms with E-state index >= 15 is 0 Å². The van der Waals surface area contributed by atoms with Gasteiger partial charge in [0.2, 0.25) is 0 Å². The molecule has 0 amide bonds. The Balaban J connectivity index is 2.54. The average Bonchev–Trinajstić information content (AvgIpc) is 2.15. The summed E-state index contributed by atoms with van der Waals surface area (Å²) >= 11 is 0. The van der Waals surface area contributed by atoms with Gasteiger partial charge in [0.05, 0.1) is 5.75 Å². The largest absolute Gasteiger partial charge is 0.294 e. The zero-order chi connectivity index (χ0) is 12.2. The van der Waals surface area contributed by atoms with Gasteiger partial charge in [0.1, 0.15) is 9.84 Å². The maximum absolute atomic E-state index is 11.7. The Morgan fingerprint density at radius 2 is 2.00 bits per heavy atom. The fourth-order valence-electron chi connectivity index (χ4n) is 1.46. The highest BCUT2D eigenvalue weighted by molar-refractivity contribution is 7.90. The van der Waals surface area contributed by atoms with Crippen LogP contribution in [0.5, 0.6) is 0 Å². The minimum Gasteiger partial charge on any atom is -0.294 e. The predicted molar refractivity (Wildman–Crippen MR) is 64.5 cm³/mol. The van der Waals surface area contributed by atoms with Crippen LogP contribution in [0.1, 0.15) is 28.8 Å². The molecule has 0 atom stereocenters. The maximum atomic E-state index is 11.7. The molecule has 0 radical (unpaired) electrons. The van der Waals surface area contributed by atoms with Gasteiger partial charge in [-0.05, 0) is 19.4 Å². The summed E-state index contributed by atoms with van der Waals surface area (Å²) in [6.07, 6.45) is 1.87. The smallest absolute Gasteiger partial charge is 0.162 e. The van der Waals surface area contributed by atoms with Crippen molar-refractivity contribution in [3.8, 4) is 0 Å². The number of hydrogen-bond donors (Lipinski definition) is 0. The van der Waals surface area contributed by atoms with Crippen LogP contribution >= 0.6 is 0 Å². The molecule has 0 spiro atoms. The van der Waals surface area contributed by atoms with Gasteiger partial charge < -0.3 is 0 Å². The highest BCUT2D eigenvalue weighted by Gasteiger charge is 2.08. The second-order valence-corrected chi connectivity index (χ2v) is 6.29. The molecule has 3 nitrogen and oxygen atoms in total. The van der Waals surface area contributed by atoms with Crippen LogP contribution in [0, 0.1) is 6.92 Å². The number of carbonyl (C=O) groups is 1. The van der Waals surface area contributed by atoms with Crippen LogP contribution in [-0.4, -0.2) is 26.2 Å². The minimum atomic E-state index is -2.96. The van der Waals surface area contributed by atoms with Crippen molar-refractivity contribution in [3.05, 3.63) is 35.4 Å². The van der Waals surface area contributed by atoms with Gasteiger partial charge >= 0.3 is 0 Å². The number of carbonyl (C=O) groups excluding carboxylic acids is 1. The lowest BCUT2D eigenvalue weighted by atomic mass is 10.1. The van der Waals surface area contributed by atoms with E-state index in [1.165, 1.54) is 6.26 Å². The van der Waals surface area contributed by atoms with E-state index in [9.17, 15) is 13.2 Å². The van der Waals surface area contributed by atoms with Crippen LogP contribution in [0.4, 0.5) is 0 Å². The number of sulfone groups is 1. The first-order chi connectivity index (χ1) is 7.38. The molecule has 0 saturated heterocycles. The lowest BCUT2D eigenvalue weighted by Crippen LogP contribution is -2.06. The average molecular weight is 240 g/mol. The van der Waals surface area contributed by atoms with Crippen molar-refractivity contribution >= 4 is 15.6 Å². The molecule has 1 aromatic rings. The van der Waals surface area contributed by atoms with Gasteiger partial charge in [0.25, 0.3) is 0 Å². The number of Topliss-reactive ketones (excluding diaryl/α,β-unsaturated/α-hetero) is 1. The minimum absolute atomic E-state index is 0.00681. The predicted octanol–water partition coefficient (Wildman–Crippen LogP) is 2.00. The topological polar surface area (TPSA) is 51.2 Å². The fraction of sp³-hybridized carbons (Fsp3) is 0.417. The standard InChI is InChI=1S/C12H16O3S/c1-10-5-3-6-11(9-10)12(13)7-4-8-16(2,14)15/h3,5-6,9H,4,7-8H2,1-2H3. The third-order valence-electron chi connectivity index (χ3n) is 2.26. The first kappa shape index (κ1) is 12.9. The van der Waals surface area contributed by atoms with E-state index in [1.807, 2.05) is 25.1 Å². The number of aryl methyl sites for hydroxylation is 1. The van der Waals surface area contributed by atoms with Crippen molar-refractivity contribution in [1.82, 2.24) is 0 Å². The quantitative estimate of drug-likeness (QED) is 0.740. The normalized spacial score (nSPS) is 11.4.